The molecule has 0 bridgehead atoms. The third-order valence-electron chi connectivity index (χ3n) is 3.53. The van der Waals surface area contributed by atoms with Crippen molar-refractivity contribution in [2.45, 2.75) is 57.9 Å². The molecule has 1 aromatic heterocycles. The Morgan fingerprint density at radius 2 is 1.91 bits per heavy atom. The lowest BCUT2D eigenvalue weighted by Gasteiger charge is -2.16. The van der Waals surface area contributed by atoms with Crippen molar-refractivity contribution in [1.82, 2.24) is 10.3 Å². The second kappa shape index (κ2) is 10.8. The van der Waals surface area contributed by atoms with Gasteiger partial charge in [-0.1, -0.05) is 51.5 Å². The Bertz CT molecular complexity index is 448. The van der Waals surface area contributed by atoms with Crippen LogP contribution in [0.2, 0.25) is 0 Å². The van der Waals surface area contributed by atoms with Crippen LogP contribution in [0.15, 0.2) is 24.4 Å². The van der Waals surface area contributed by atoms with Crippen molar-refractivity contribution in [3.05, 3.63) is 30.1 Å². The van der Waals surface area contributed by atoms with Crippen molar-refractivity contribution < 1.29 is 14.3 Å². The number of carbonyl (C=O) groups is 2. The van der Waals surface area contributed by atoms with Gasteiger partial charge >= 0.3 is 5.97 Å². The topological polar surface area (TPSA) is 68.3 Å². The first kappa shape index (κ1) is 18.1. The Morgan fingerprint density at radius 3 is 2.55 bits per heavy atom. The molecule has 1 N–H and O–H groups in total. The predicted molar refractivity (Wildman–Crippen MR) is 85.5 cm³/mol. The summed E-state index contributed by atoms with van der Waals surface area (Å²) in [7, 11) is 1.34. The third kappa shape index (κ3) is 6.70. The summed E-state index contributed by atoms with van der Waals surface area (Å²) >= 11 is 0. The van der Waals surface area contributed by atoms with Gasteiger partial charge in [0.2, 0.25) is 0 Å². The maximum Gasteiger partial charge on any atom is 0.328 e. The van der Waals surface area contributed by atoms with Crippen LogP contribution in [0.3, 0.4) is 0 Å². The Hall–Kier alpha value is -1.91. The van der Waals surface area contributed by atoms with Gasteiger partial charge in [0.05, 0.1) is 7.11 Å². The second-order valence-corrected chi connectivity index (χ2v) is 5.32. The molecule has 1 aromatic rings. The van der Waals surface area contributed by atoms with E-state index in [1.165, 1.54) is 26.4 Å². The zero-order valence-electron chi connectivity index (χ0n) is 13.5. The van der Waals surface area contributed by atoms with E-state index in [0.29, 0.717) is 12.1 Å². The van der Waals surface area contributed by atoms with Crippen molar-refractivity contribution in [1.29, 1.82) is 0 Å². The molecule has 0 unspecified atom stereocenters. The number of amides is 1. The molecule has 0 fully saturated rings. The number of ether oxygens (including phenoxy) is 1. The van der Waals surface area contributed by atoms with Crippen molar-refractivity contribution in [2.75, 3.05) is 7.11 Å². The minimum absolute atomic E-state index is 0.305. The van der Waals surface area contributed by atoms with Crippen molar-refractivity contribution in [2.24, 2.45) is 0 Å². The fourth-order valence-corrected chi connectivity index (χ4v) is 2.25. The van der Waals surface area contributed by atoms with Crippen LogP contribution in [-0.2, 0) is 9.53 Å². The zero-order chi connectivity index (χ0) is 16.2. The van der Waals surface area contributed by atoms with Gasteiger partial charge in [0.15, 0.2) is 0 Å². The zero-order valence-corrected chi connectivity index (χ0v) is 13.5. The number of hydrogen-bond donors (Lipinski definition) is 1. The normalized spacial score (nSPS) is 11.7. The van der Waals surface area contributed by atoms with E-state index in [4.69, 9.17) is 4.74 Å². The average Bonchev–Trinajstić information content (AvgIpc) is 2.56. The number of unbranched alkanes of at least 4 members (excludes halogenated alkanes) is 5. The van der Waals surface area contributed by atoms with E-state index in [-0.39, 0.29) is 5.91 Å². The maximum atomic E-state index is 12.1. The summed E-state index contributed by atoms with van der Waals surface area (Å²) in [6.07, 6.45) is 8.95. The van der Waals surface area contributed by atoms with Gasteiger partial charge in [-0.3, -0.25) is 9.78 Å². The highest BCUT2D eigenvalue weighted by atomic mass is 16.5. The molecule has 1 atom stereocenters. The van der Waals surface area contributed by atoms with Crippen LogP contribution in [0.25, 0.3) is 0 Å². The van der Waals surface area contributed by atoms with E-state index < -0.39 is 12.0 Å². The van der Waals surface area contributed by atoms with Gasteiger partial charge in [-0.2, -0.15) is 0 Å². The molecule has 1 rings (SSSR count). The molecule has 22 heavy (non-hydrogen) atoms. The number of aromatic nitrogens is 1. The fourth-order valence-electron chi connectivity index (χ4n) is 2.25. The van der Waals surface area contributed by atoms with E-state index in [2.05, 4.69) is 17.2 Å². The van der Waals surface area contributed by atoms with Crippen LogP contribution in [0, 0.1) is 0 Å². The number of pyridine rings is 1. The van der Waals surface area contributed by atoms with Gasteiger partial charge in [-0.15, -0.1) is 0 Å². The van der Waals surface area contributed by atoms with E-state index in [9.17, 15) is 9.59 Å². The van der Waals surface area contributed by atoms with Crippen LogP contribution in [0.4, 0.5) is 0 Å². The number of nitrogens with zero attached hydrogens (tertiary/aromatic N) is 1. The Morgan fingerprint density at radius 1 is 1.18 bits per heavy atom. The van der Waals surface area contributed by atoms with Gasteiger partial charge in [0.25, 0.3) is 5.91 Å². The van der Waals surface area contributed by atoms with Gasteiger partial charge in [0, 0.05) is 6.20 Å². The lowest BCUT2D eigenvalue weighted by atomic mass is 10.1. The highest BCUT2D eigenvalue weighted by molar-refractivity contribution is 5.95. The van der Waals surface area contributed by atoms with E-state index in [1.807, 2.05) is 0 Å². The van der Waals surface area contributed by atoms with E-state index in [0.717, 1.165) is 19.3 Å². The highest BCUT2D eigenvalue weighted by Crippen LogP contribution is 2.10. The number of hydrogen-bond acceptors (Lipinski definition) is 4. The summed E-state index contributed by atoms with van der Waals surface area (Å²) < 4.78 is 4.77. The molecule has 1 amide bonds. The SMILES string of the molecule is CCCCCCCC[C@H](NC(=O)c1ccccn1)C(=O)OC. The monoisotopic (exact) mass is 306 g/mol. The second-order valence-electron chi connectivity index (χ2n) is 5.32. The lowest BCUT2D eigenvalue weighted by Crippen LogP contribution is -2.41. The predicted octanol–water partition coefficient (Wildman–Crippen LogP) is 3.10. The number of methoxy groups -OCH3 is 1. The number of carbonyl (C=O) groups excluding carboxylic acids is 2. The number of esters is 1. The summed E-state index contributed by atoms with van der Waals surface area (Å²) in [5.41, 5.74) is 0.305. The smallest absolute Gasteiger partial charge is 0.328 e. The molecular weight excluding hydrogens is 280 g/mol. The maximum absolute atomic E-state index is 12.1. The molecule has 0 aromatic carbocycles. The molecular formula is C17H26N2O3. The molecule has 0 aliphatic heterocycles. The molecule has 0 radical (unpaired) electrons. The van der Waals surface area contributed by atoms with Crippen LogP contribution in [0.1, 0.15) is 62.4 Å². The third-order valence-corrected chi connectivity index (χ3v) is 3.53. The summed E-state index contributed by atoms with van der Waals surface area (Å²) in [6, 6.07) is 4.49. The average molecular weight is 306 g/mol. The first-order valence-corrected chi connectivity index (χ1v) is 7.98. The number of rotatable bonds is 10. The van der Waals surface area contributed by atoms with Crippen LogP contribution < -0.4 is 5.32 Å². The summed E-state index contributed by atoms with van der Waals surface area (Å²) in [4.78, 5) is 27.8. The van der Waals surface area contributed by atoms with Gasteiger partial charge in [0.1, 0.15) is 11.7 Å². The molecule has 0 saturated carbocycles. The Labute approximate surface area is 132 Å². The van der Waals surface area contributed by atoms with Crippen molar-refractivity contribution >= 4 is 11.9 Å². The first-order valence-electron chi connectivity index (χ1n) is 7.98. The molecule has 0 saturated heterocycles. The Kier molecular flexibility index (Phi) is 8.88. The van der Waals surface area contributed by atoms with E-state index in [1.54, 1.807) is 24.4 Å². The summed E-state index contributed by atoms with van der Waals surface area (Å²) in [5.74, 6) is -0.750. The quantitative estimate of drug-likeness (QED) is 0.533. The van der Waals surface area contributed by atoms with Crippen molar-refractivity contribution in [3.8, 4) is 0 Å². The molecule has 0 spiro atoms. The molecule has 5 nitrogen and oxygen atoms in total. The molecule has 1 heterocycles. The van der Waals surface area contributed by atoms with Gasteiger partial charge in [-0.05, 0) is 18.6 Å². The first-order chi connectivity index (χ1) is 10.7. The number of nitrogens with one attached hydrogen (secondary N) is 1. The molecule has 0 aliphatic rings. The van der Waals surface area contributed by atoms with Crippen molar-refractivity contribution in [3.63, 3.8) is 0 Å². The van der Waals surface area contributed by atoms with E-state index >= 15 is 0 Å². The lowest BCUT2D eigenvalue weighted by molar-refractivity contribution is -0.143. The summed E-state index contributed by atoms with van der Waals surface area (Å²) in [5, 5.41) is 2.71. The van der Waals surface area contributed by atoms with Gasteiger partial charge < -0.3 is 10.1 Å². The van der Waals surface area contributed by atoms with Crippen LogP contribution in [0.5, 0.6) is 0 Å². The highest BCUT2D eigenvalue weighted by Gasteiger charge is 2.21. The molecule has 0 aliphatic carbocycles. The molecule has 5 heteroatoms. The largest absolute Gasteiger partial charge is 0.467 e. The minimum atomic E-state index is -0.606. The Balaban J connectivity index is 2.44. The van der Waals surface area contributed by atoms with Crippen LogP contribution >= 0.6 is 0 Å². The molecule has 122 valence electrons. The fraction of sp³-hybridized carbons (Fsp3) is 0.588. The standard InChI is InChI=1S/C17H26N2O3/c1-3-4-5-6-7-8-12-15(17(21)22-2)19-16(20)14-11-9-10-13-18-14/h9-11,13,15H,3-8,12H2,1-2H3,(H,19,20)/t15-/m0/s1. The van der Waals surface area contributed by atoms with Gasteiger partial charge in [-0.25, -0.2) is 4.79 Å². The minimum Gasteiger partial charge on any atom is -0.467 e. The van der Waals surface area contributed by atoms with Crippen LogP contribution in [-0.4, -0.2) is 30.0 Å². The summed E-state index contributed by atoms with van der Waals surface area (Å²) in [6.45, 7) is 2.18.